The fraction of sp³-hybridized carbons (Fsp3) is 1.00. The number of halogens is 6. The second-order valence-corrected chi connectivity index (χ2v) is 5.73. The molecule has 1 aliphatic heterocycles. The molecule has 22 heavy (non-hydrogen) atoms. The minimum atomic E-state index is -4.73. The van der Waals surface area contributed by atoms with Crippen LogP contribution in [0.4, 0.5) is 26.3 Å². The molecule has 2 N–H and O–H groups in total. The molecule has 1 heterocycles. The molecular weight excluding hydrogens is 318 g/mol. The smallest absolute Gasteiger partial charge is 0.382 e. The fourth-order valence-corrected chi connectivity index (χ4v) is 2.63. The summed E-state index contributed by atoms with van der Waals surface area (Å²) in [6, 6.07) is -0.942. The van der Waals surface area contributed by atoms with Gasteiger partial charge in [0.05, 0.1) is 0 Å². The lowest BCUT2D eigenvalue weighted by atomic mass is 10.1. The van der Waals surface area contributed by atoms with Gasteiger partial charge in [0.15, 0.2) is 12.2 Å². The Hall–Kier alpha value is -0.580. The molecule has 0 aromatic heterocycles. The molecular formula is C12H20F6N2O2. The summed E-state index contributed by atoms with van der Waals surface area (Å²) in [7, 11) is 0. The first-order chi connectivity index (χ1) is 9.82. The highest BCUT2D eigenvalue weighted by molar-refractivity contribution is 4.88. The molecule has 0 amide bonds. The van der Waals surface area contributed by atoms with Crippen molar-refractivity contribution >= 4 is 0 Å². The Morgan fingerprint density at radius 1 is 0.864 bits per heavy atom. The minimum absolute atomic E-state index is 0.0854. The predicted octanol–water partition coefficient (Wildman–Crippen LogP) is 1.23. The lowest BCUT2D eigenvalue weighted by Crippen LogP contribution is -2.60. The Balaban J connectivity index is 2.62. The number of alkyl halides is 6. The normalized spacial score (nSPS) is 28.6. The summed E-state index contributed by atoms with van der Waals surface area (Å²) < 4.78 is 74.2. The van der Waals surface area contributed by atoms with Crippen molar-refractivity contribution in [2.45, 2.75) is 50.5 Å². The molecule has 1 fully saturated rings. The van der Waals surface area contributed by atoms with Crippen molar-refractivity contribution in [2.75, 3.05) is 26.2 Å². The van der Waals surface area contributed by atoms with Gasteiger partial charge in [-0.05, 0) is 13.8 Å². The number of nitrogens with zero attached hydrogens (tertiary/aromatic N) is 2. The van der Waals surface area contributed by atoms with E-state index < -0.39 is 49.7 Å². The zero-order valence-electron chi connectivity index (χ0n) is 12.2. The van der Waals surface area contributed by atoms with Crippen molar-refractivity contribution in [3.8, 4) is 0 Å². The number of piperazine rings is 1. The maximum absolute atomic E-state index is 12.4. The van der Waals surface area contributed by atoms with Crippen LogP contribution < -0.4 is 0 Å². The molecule has 4 nitrogen and oxygen atoms in total. The maximum Gasteiger partial charge on any atom is 0.415 e. The number of aliphatic hydroxyl groups excluding tert-OH is 2. The van der Waals surface area contributed by atoms with E-state index in [1.165, 1.54) is 9.80 Å². The Labute approximate surface area is 124 Å². The summed E-state index contributed by atoms with van der Waals surface area (Å²) in [5, 5.41) is 18.2. The first-order valence-corrected chi connectivity index (χ1v) is 6.80. The molecule has 0 spiro atoms. The van der Waals surface area contributed by atoms with Gasteiger partial charge in [0.2, 0.25) is 0 Å². The summed E-state index contributed by atoms with van der Waals surface area (Å²) in [5.41, 5.74) is 0. The van der Waals surface area contributed by atoms with Gasteiger partial charge < -0.3 is 10.2 Å². The van der Waals surface area contributed by atoms with Crippen LogP contribution in [0.3, 0.4) is 0 Å². The number of rotatable bonds is 4. The predicted molar refractivity (Wildman–Crippen MR) is 66.2 cm³/mol. The first kappa shape index (κ1) is 19.5. The molecule has 1 rings (SSSR count). The van der Waals surface area contributed by atoms with Crippen LogP contribution in [-0.2, 0) is 0 Å². The van der Waals surface area contributed by atoms with Gasteiger partial charge in [0, 0.05) is 38.3 Å². The third kappa shape index (κ3) is 5.25. The quantitative estimate of drug-likeness (QED) is 0.757. The summed E-state index contributed by atoms with van der Waals surface area (Å²) in [6.07, 6.45) is -14.4. The molecule has 1 saturated heterocycles. The van der Waals surface area contributed by atoms with Crippen molar-refractivity contribution in [3.63, 3.8) is 0 Å². The van der Waals surface area contributed by atoms with Crippen LogP contribution in [0.1, 0.15) is 13.8 Å². The summed E-state index contributed by atoms with van der Waals surface area (Å²) in [6.45, 7) is 2.08. The highest BCUT2D eigenvalue weighted by atomic mass is 19.4. The van der Waals surface area contributed by atoms with E-state index in [1.54, 1.807) is 13.8 Å². The van der Waals surface area contributed by atoms with Crippen LogP contribution in [0.2, 0.25) is 0 Å². The highest BCUT2D eigenvalue weighted by Gasteiger charge is 2.43. The van der Waals surface area contributed by atoms with Crippen LogP contribution in [0, 0.1) is 0 Å². The van der Waals surface area contributed by atoms with E-state index in [9.17, 15) is 26.3 Å². The molecule has 0 aromatic carbocycles. The molecule has 0 unspecified atom stereocenters. The number of aliphatic hydroxyl groups is 2. The van der Waals surface area contributed by atoms with Crippen LogP contribution in [0.5, 0.6) is 0 Å². The first-order valence-electron chi connectivity index (χ1n) is 6.80. The van der Waals surface area contributed by atoms with E-state index in [0.717, 1.165) is 0 Å². The molecule has 0 aromatic rings. The molecule has 10 heteroatoms. The Morgan fingerprint density at radius 2 is 1.23 bits per heavy atom. The van der Waals surface area contributed by atoms with E-state index in [0.29, 0.717) is 0 Å². The van der Waals surface area contributed by atoms with Gasteiger partial charge in [0.1, 0.15) is 0 Å². The molecule has 132 valence electrons. The van der Waals surface area contributed by atoms with Gasteiger partial charge in [0.25, 0.3) is 0 Å². The fourth-order valence-electron chi connectivity index (χ4n) is 2.63. The van der Waals surface area contributed by atoms with E-state index >= 15 is 0 Å². The second kappa shape index (κ2) is 6.90. The molecule has 1 aliphatic rings. The number of hydrogen-bond donors (Lipinski definition) is 2. The third-order valence-corrected chi connectivity index (χ3v) is 3.75. The van der Waals surface area contributed by atoms with Gasteiger partial charge in [-0.2, -0.15) is 26.3 Å². The van der Waals surface area contributed by atoms with E-state index in [4.69, 9.17) is 10.2 Å². The number of hydrogen-bond acceptors (Lipinski definition) is 4. The van der Waals surface area contributed by atoms with Crippen molar-refractivity contribution in [1.82, 2.24) is 9.80 Å². The van der Waals surface area contributed by atoms with Crippen molar-refractivity contribution in [3.05, 3.63) is 0 Å². The zero-order chi connectivity index (χ0) is 17.3. The standard InChI is InChI=1S/C12H20F6N2O2/c1-7-3-19(5-9(21)11(13,14)15)4-8(2)20(7)6-10(22)12(16,17)18/h7-10,21-22H,3-6H2,1-2H3/t7-,8+,9-,10-/m0/s1. The Morgan fingerprint density at radius 3 is 1.59 bits per heavy atom. The van der Waals surface area contributed by atoms with E-state index in [2.05, 4.69) is 0 Å². The molecule has 4 atom stereocenters. The molecule has 0 radical (unpaired) electrons. The van der Waals surface area contributed by atoms with Crippen molar-refractivity contribution < 1.29 is 36.6 Å². The third-order valence-electron chi connectivity index (χ3n) is 3.75. The average molecular weight is 338 g/mol. The Kier molecular flexibility index (Phi) is 6.10. The largest absolute Gasteiger partial charge is 0.415 e. The second-order valence-electron chi connectivity index (χ2n) is 5.73. The summed E-state index contributed by atoms with van der Waals surface area (Å²) in [5.74, 6) is 0. The summed E-state index contributed by atoms with van der Waals surface area (Å²) >= 11 is 0. The topological polar surface area (TPSA) is 46.9 Å². The molecule has 0 aliphatic carbocycles. The molecule has 0 saturated carbocycles. The zero-order valence-corrected chi connectivity index (χ0v) is 12.2. The highest BCUT2D eigenvalue weighted by Crippen LogP contribution is 2.25. The lowest BCUT2D eigenvalue weighted by molar-refractivity contribution is -0.217. The Bertz CT molecular complexity index is 351. The van der Waals surface area contributed by atoms with Gasteiger partial charge in [-0.25, -0.2) is 0 Å². The van der Waals surface area contributed by atoms with Crippen LogP contribution in [0.15, 0.2) is 0 Å². The number of β-amino-alcohol motifs (C(OH)–C–C–N with tert-alkyl or cyclic N) is 2. The van der Waals surface area contributed by atoms with E-state index in [1.807, 2.05) is 0 Å². The summed E-state index contributed by atoms with van der Waals surface area (Å²) in [4.78, 5) is 2.78. The van der Waals surface area contributed by atoms with Crippen LogP contribution in [0.25, 0.3) is 0 Å². The monoisotopic (exact) mass is 338 g/mol. The molecule has 0 bridgehead atoms. The van der Waals surface area contributed by atoms with Crippen LogP contribution >= 0.6 is 0 Å². The van der Waals surface area contributed by atoms with Crippen molar-refractivity contribution in [2.24, 2.45) is 0 Å². The van der Waals surface area contributed by atoms with Gasteiger partial charge in [-0.1, -0.05) is 0 Å². The van der Waals surface area contributed by atoms with Crippen molar-refractivity contribution in [1.29, 1.82) is 0 Å². The lowest BCUT2D eigenvalue weighted by Gasteiger charge is -2.45. The maximum atomic E-state index is 12.4. The average Bonchev–Trinajstić information content (AvgIpc) is 2.31. The van der Waals surface area contributed by atoms with Crippen LogP contribution in [-0.4, -0.2) is 82.8 Å². The van der Waals surface area contributed by atoms with Gasteiger partial charge in [-0.15, -0.1) is 0 Å². The minimum Gasteiger partial charge on any atom is -0.382 e. The van der Waals surface area contributed by atoms with Gasteiger partial charge >= 0.3 is 12.4 Å². The van der Waals surface area contributed by atoms with E-state index in [-0.39, 0.29) is 13.1 Å². The SMILES string of the molecule is C[C@@H]1CN(C[C@H](O)C(F)(F)F)C[C@H](C)N1C[C@H](O)C(F)(F)F. The van der Waals surface area contributed by atoms with Gasteiger partial charge in [-0.3, -0.25) is 9.80 Å².